The van der Waals surface area contributed by atoms with Crippen LogP contribution in [0.3, 0.4) is 0 Å². The minimum absolute atomic E-state index is 0.0943. The SMILES string of the molecule is O=C(COC(=O)CN1C(=O)c2ccccc2C1=O)Nc1cc(C(F)(F)F)ccc1N1CCOCC1. The summed E-state index contributed by atoms with van der Waals surface area (Å²) in [7, 11) is 0. The van der Waals surface area contributed by atoms with Crippen molar-refractivity contribution >= 4 is 35.1 Å². The molecule has 184 valence electrons. The van der Waals surface area contributed by atoms with E-state index in [4.69, 9.17) is 9.47 Å². The van der Waals surface area contributed by atoms with E-state index in [1.165, 1.54) is 18.2 Å². The van der Waals surface area contributed by atoms with Gasteiger partial charge in [-0.2, -0.15) is 13.2 Å². The molecule has 2 aromatic rings. The van der Waals surface area contributed by atoms with E-state index < -0.39 is 48.6 Å². The molecule has 0 spiro atoms. The van der Waals surface area contributed by atoms with Crippen molar-refractivity contribution in [3.8, 4) is 0 Å². The number of carbonyl (C=O) groups is 4. The van der Waals surface area contributed by atoms with Crippen LogP contribution in [-0.2, 0) is 25.2 Å². The fraction of sp³-hybridized carbons (Fsp3) is 0.304. The van der Waals surface area contributed by atoms with Crippen LogP contribution in [0.4, 0.5) is 24.5 Å². The topological polar surface area (TPSA) is 105 Å². The normalized spacial score (nSPS) is 15.7. The van der Waals surface area contributed by atoms with Gasteiger partial charge in [0.2, 0.25) is 0 Å². The molecule has 2 heterocycles. The van der Waals surface area contributed by atoms with Crippen LogP contribution in [0.25, 0.3) is 0 Å². The van der Waals surface area contributed by atoms with Crippen molar-refractivity contribution in [2.45, 2.75) is 6.18 Å². The number of ether oxygens (including phenoxy) is 2. The first kappa shape index (κ1) is 24.2. The number of carbonyl (C=O) groups excluding carboxylic acids is 4. The zero-order valence-electron chi connectivity index (χ0n) is 18.3. The monoisotopic (exact) mass is 491 g/mol. The quantitative estimate of drug-likeness (QED) is 0.489. The molecule has 2 aliphatic heterocycles. The van der Waals surface area contributed by atoms with Gasteiger partial charge in [-0.3, -0.25) is 24.1 Å². The lowest BCUT2D eigenvalue weighted by atomic mass is 10.1. The van der Waals surface area contributed by atoms with Gasteiger partial charge in [0.25, 0.3) is 17.7 Å². The molecule has 12 heteroatoms. The Kier molecular flexibility index (Phi) is 6.74. The molecule has 4 rings (SSSR count). The first-order chi connectivity index (χ1) is 16.6. The molecule has 0 aromatic heterocycles. The number of fused-ring (bicyclic) bond motifs is 1. The van der Waals surface area contributed by atoms with Gasteiger partial charge < -0.3 is 19.7 Å². The lowest BCUT2D eigenvalue weighted by molar-refractivity contribution is -0.147. The van der Waals surface area contributed by atoms with Gasteiger partial charge in [0, 0.05) is 13.1 Å². The number of morpholine rings is 1. The van der Waals surface area contributed by atoms with Gasteiger partial charge in [0.15, 0.2) is 6.61 Å². The Morgan fingerprint density at radius 1 is 1.00 bits per heavy atom. The number of imide groups is 1. The molecular weight excluding hydrogens is 471 g/mol. The van der Waals surface area contributed by atoms with Crippen molar-refractivity contribution in [3.05, 3.63) is 59.2 Å². The maximum Gasteiger partial charge on any atom is 0.416 e. The number of amides is 3. The fourth-order valence-electron chi connectivity index (χ4n) is 3.78. The smallest absolute Gasteiger partial charge is 0.416 e. The molecule has 0 unspecified atom stereocenters. The number of nitrogens with one attached hydrogen (secondary N) is 1. The Bertz CT molecular complexity index is 1140. The molecular formula is C23H20F3N3O6. The number of hydrogen-bond donors (Lipinski definition) is 1. The molecule has 0 radical (unpaired) electrons. The maximum absolute atomic E-state index is 13.2. The van der Waals surface area contributed by atoms with Gasteiger partial charge in [0.1, 0.15) is 6.54 Å². The Balaban J connectivity index is 1.39. The van der Waals surface area contributed by atoms with Crippen LogP contribution in [0.15, 0.2) is 42.5 Å². The molecule has 0 bridgehead atoms. The summed E-state index contributed by atoms with van der Waals surface area (Å²) in [6, 6.07) is 9.05. The van der Waals surface area contributed by atoms with E-state index in [9.17, 15) is 32.3 Å². The van der Waals surface area contributed by atoms with Crippen molar-refractivity contribution < 1.29 is 41.8 Å². The van der Waals surface area contributed by atoms with Crippen LogP contribution in [0.1, 0.15) is 26.3 Å². The van der Waals surface area contributed by atoms with Crippen LogP contribution in [0.2, 0.25) is 0 Å². The number of benzene rings is 2. The van der Waals surface area contributed by atoms with Crippen molar-refractivity contribution in [1.29, 1.82) is 0 Å². The number of hydrogen-bond acceptors (Lipinski definition) is 7. The average molecular weight is 491 g/mol. The second kappa shape index (κ2) is 9.74. The summed E-state index contributed by atoms with van der Waals surface area (Å²) in [6.07, 6.45) is -4.62. The highest BCUT2D eigenvalue weighted by molar-refractivity contribution is 6.22. The highest BCUT2D eigenvalue weighted by atomic mass is 19.4. The average Bonchev–Trinajstić information content (AvgIpc) is 3.08. The summed E-state index contributed by atoms with van der Waals surface area (Å²) in [6.45, 7) is 0.0731. The van der Waals surface area contributed by atoms with E-state index in [-0.39, 0.29) is 16.8 Å². The number of esters is 1. The Hall–Kier alpha value is -3.93. The molecule has 0 atom stereocenters. The van der Waals surface area contributed by atoms with E-state index in [0.29, 0.717) is 36.9 Å². The van der Waals surface area contributed by atoms with Crippen molar-refractivity contribution in [1.82, 2.24) is 4.90 Å². The summed E-state index contributed by atoms with van der Waals surface area (Å²) in [4.78, 5) is 51.7. The van der Waals surface area contributed by atoms with Crippen molar-refractivity contribution in [2.24, 2.45) is 0 Å². The molecule has 35 heavy (non-hydrogen) atoms. The van der Waals surface area contributed by atoms with Gasteiger partial charge in [0.05, 0.1) is 41.3 Å². The Morgan fingerprint density at radius 2 is 1.63 bits per heavy atom. The first-order valence-corrected chi connectivity index (χ1v) is 10.6. The highest BCUT2D eigenvalue weighted by Gasteiger charge is 2.37. The summed E-state index contributed by atoms with van der Waals surface area (Å²) >= 11 is 0. The number of rotatable bonds is 6. The zero-order valence-corrected chi connectivity index (χ0v) is 18.3. The van der Waals surface area contributed by atoms with Crippen LogP contribution in [0, 0.1) is 0 Å². The van der Waals surface area contributed by atoms with Gasteiger partial charge in [-0.25, -0.2) is 0 Å². The molecule has 1 fully saturated rings. The standard InChI is InChI=1S/C23H20F3N3O6/c24-23(25,26)14-5-6-18(28-7-9-34-10-8-28)17(11-14)27-19(30)13-35-20(31)12-29-21(32)15-3-1-2-4-16(15)22(29)33/h1-6,11H,7-10,12-13H2,(H,27,30). The third-order valence-corrected chi connectivity index (χ3v) is 5.48. The zero-order chi connectivity index (χ0) is 25.2. The largest absolute Gasteiger partial charge is 0.454 e. The molecule has 9 nitrogen and oxygen atoms in total. The van der Waals surface area contributed by atoms with Crippen LogP contribution in [-0.4, -0.2) is 68.0 Å². The molecule has 2 aromatic carbocycles. The summed E-state index contributed by atoms with van der Waals surface area (Å²) in [5.74, 6) is -3.22. The van der Waals surface area contributed by atoms with E-state index in [0.717, 1.165) is 12.1 Å². The number of halogens is 3. The molecule has 1 saturated heterocycles. The van der Waals surface area contributed by atoms with Gasteiger partial charge in [-0.1, -0.05) is 12.1 Å². The second-order valence-electron chi connectivity index (χ2n) is 7.78. The van der Waals surface area contributed by atoms with Crippen LogP contribution in [0.5, 0.6) is 0 Å². The molecule has 3 amide bonds. The minimum Gasteiger partial charge on any atom is -0.454 e. The molecule has 2 aliphatic rings. The summed E-state index contributed by atoms with van der Waals surface area (Å²) < 4.78 is 49.8. The van der Waals surface area contributed by atoms with E-state index in [1.54, 1.807) is 17.0 Å². The van der Waals surface area contributed by atoms with Gasteiger partial charge in [-0.05, 0) is 30.3 Å². The predicted molar refractivity (Wildman–Crippen MR) is 116 cm³/mol. The number of nitrogens with zero attached hydrogens (tertiary/aromatic N) is 2. The van der Waals surface area contributed by atoms with Crippen LogP contribution < -0.4 is 10.2 Å². The lowest BCUT2D eigenvalue weighted by Crippen LogP contribution is -2.37. The minimum atomic E-state index is -4.62. The van der Waals surface area contributed by atoms with E-state index in [2.05, 4.69) is 5.32 Å². The first-order valence-electron chi connectivity index (χ1n) is 10.6. The van der Waals surface area contributed by atoms with Gasteiger partial charge in [-0.15, -0.1) is 0 Å². The fourth-order valence-corrected chi connectivity index (χ4v) is 3.78. The molecule has 0 aliphatic carbocycles. The van der Waals surface area contributed by atoms with Crippen LogP contribution >= 0.6 is 0 Å². The van der Waals surface area contributed by atoms with E-state index >= 15 is 0 Å². The third-order valence-electron chi connectivity index (χ3n) is 5.48. The molecule has 0 saturated carbocycles. The summed E-state index contributed by atoms with van der Waals surface area (Å²) in [5, 5.41) is 2.35. The Morgan fingerprint density at radius 3 is 2.23 bits per heavy atom. The lowest BCUT2D eigenvalue weighted by Gasteiger charge is -2.31. The Labute approximate surface area is 197 Å². The number of alkyl halides is 3. The van der Waals surface area contributed by atoms with Gasteiger partial charge >= 0.3 is 12.1 Å². The van der Waals surface area contributed by atoms with Crippen molar-refractivity contribution in [2.75, 3.05) is 49.7 Å². The van der Waals surface area contributed by atoms with Crippen molar-refractivity contribution in [3.63, 3.8) is 0 Å². The highest BCUT2D eigenvalue weighted by Crippen LogP contribution is 2.35. The maximum atomic E-state index is 13.2. The number of anilines is 2. The third kappa shape index (κ3) is 5.27. The second-order valence-corrected chi connectivity index (χ2v) is 7.78. The molecule has 1 N–H and O–H groups in total. The summed E-state index contributed by atoms with van der Waals surface area (Å²) in [5.41, 5.74) is -0.367. The predicted octanol–water partition coefficient (Wildman–Crippen LogP) is 2.32. The van der Waals surface area contributed by atoms with E-state index in [1.807, 2.05) is 0 Å².